The zero-order chi connectivity index (χ0) is 12.0. The van der Waals surface area contributed by atoms with Crippen LogP contribution in [0.25, 0.3) is 0 Å². The maximum absolute atomic E-state index is 8.97. The highest BCUT2D eigenvalue weighted by molar-refractivity contribution is 5.21. The van der Waals surface area contributed by atoms with Crippen molar-refractivity contribution < 1.29 is 5.11 Å². The Morgan fingerprint density at radius 1 is 1.12 bits per heavy atom. The van der Waals surface area contributed by atoms with Gasteiger partial charge in [-0.25, -0.2) is 0 Å². The molecule has 0 aliphatic rings. The summed E-state index contributed by atoms with van der Waals surface area (Å²) in [5.41, 5.74) is 2.30. The van der Waals surface area contributed by atoms with Crippen LogP contribution in [-0.2, 0) is 13.2 Å². The second-order valence-electron chi connectivity index (χ2n) is 4.54. The molecule has 2 heteroatoms. The van der Waals surface area contributed by atoms with Crippen molar-refractivity contribution in [2.24, 2.45) is 0 Å². The van der Waals surface area contributed by atoms with Crippen molar-refractivity contribution in [1.29, 1.82) is 0 Å². The van der Waals surface area contributed by atoms with Gasteiger partial charge in [-0.1, -0.05) is 31.2 Å². The summed E-state index contributed by atoms with van der Waals surface area (Å²) in [6.07, 6.45) is 1.19. The number of hydrogen-bond donors (Lipinski definition) is 1. The van der Waals surface area contributed by atoms with Crippen LogP contribution in [0.5, 0.6) is 0 Å². The fourth-order valence-electron chi connectivity index (χ4n) is 1.79. The summed E-state index contributed by atoms with van der Waals surface area (Å²) in [5, 5.41) is 8.97. The smallest absolute Gasteiger partial charge is 0.0681 e. The van der Waals surface area contributed by atoms with Gasteiger partial charge in [0.2, 0.25) is 0 Å². The highest BCUT2D eigenvalue weighted by atomic mass is 16.3. The van der Waals surface area contributed by atoms with Crippen molar-refractivity contribution in [2.45, 2.75) is 46.4 Å². The Kier molecular flexibility index (Phi) is 5.50. The van der Waals surface area contributed by atoms with Crippen molar-refractivity contribution in [2.75, 3.05) is 6.54 Å². The van der Waals surface area contributed by atoms with Crippen LogP contribution in [0.15, 0.2) is 24.3 Å². The summed E-state index contributed by atoms with van der Waals surface area (Å²) in [6, 6.07) is 8.80. The normalized spacial score (nSPS) is 11.4. The number of aliphatic hydroxyl groups is 1. The minimum Gasteiger partial charge on any atom is -0.392 e. The maximum Gasteiger partial charge on any atom is 0.0681 e. The molecule has 0 spiro atoms. The van der Waals surface area contributed by atoms with E-state index in [9.17, 15) is 0 Å². The fraction of sp³-hybridized carbons (Fsp3) is 0.571. The topological polar surface area (TPSA) is 23.5 Å². The van der Waals surface area contributed by atoms with Gasteiger partial charge in [0.1, 0.15) is 0 Å². The van der Waals surface area contributed by atoms with Gasteiger partial charge in [0.05, 0.1) is 6.61 Å². The third-order valence-electron chi connectivity index (χ3n) is 2.83. The van der Waals surface area contributed by atoms with Gasteiger partial charge < -0.3 is 5.11 Å². The summed E-state index contributed by atoms with van der Waals surface area (Å²) in [7, 11) is 0. The lowest BCUT2D eigenvalue weighted by Gasteiger charge is -2.26. The molecule has 0 amide bonds. The number of aliphatic hydroxyl groups excluding tert-OH is 1. The molecule has 0 atom stereocenters. The fourth-order valence-corrected chi connectivity index (χ4v) is 1.79. The molecule has 0 aliphatic carbocycles. The summed E-state index contributed by atoms with van der Waals surface area (Å²) in [6.45, 7) is 8.94. The molecular weight excluding hydrogens is 198 g/mol. The first-order valence-electron chi connectivity index (χ1n) is 6.10. The summed E-state index contributed by atoms with van der Waals surface area (Å²) >= 11 is 0. The zero-order valence-electron chi connectivity index (χ0n) is 10.6. The standard InChI is InChI=1S/C14H23NO/c1-4-9-15(12(2)3)10-13-5-7-14(11-16)8-6-13/h5-8,12,16H,4,9-11H2,1-3H3. The summed E-state index contributed by atoms with van der Waals surface area (Å²) < 4.78 is 0. The molecule has 0 heterocycles. The predicted molar refractivity (Wildman–Crippen MR) is 68.2 cm³/mol. The molecule has 0 radical (unpaired) electrons. The molecule has 0 saturated heterocycles. The molecule has 16 heavy (non-hydrogen) atoms. The van der Waals surface area contributed by atoms with E-state index in [4.69, 9.17) is 5.11 Å². The number of benzene rings is 1. The molecule has 1 aromatic carbocycles. The van der Waals surface area contributed by atoms with Gasteiger partial charge in [-0.3, -0.25) is 4.90 Å². The Balaban J connectivity index is 2.62. The lowest BCUT2D eigenvalue weighted by Crippen LogP contribution is -2.30. The number of rotatable bonds is 6. The van der Waals surface area contributed by atoms with Gasteiger partial charge in [-0.2, -0.15) is 0 Å². The van der Waals surface area contributed by atoms with E-state index < -0.39 is 0 Å². The summed E-state index contributed by atoms with van der Waals surface area (Å²) in [5.74, 6) is 0. The van der Waals surface area contributed by atoms with Crippen LogP contribution >= 0.6 is 0 Å². The molecule has 0 aromatic heterocycles. The minimum absolute atomic E-state index is 0.128. The molecule has 1 N–H and O–H groups in total. The van der Waals surface area contributed by atoms with E-state index in [1.807, 2.05) is 12.1 Å². The number of hydrogen-bond acceptors (Lipinski definition) is 2. The van der Waals surface area contributed by atoms with Crippen molar-refractivity contribution in [3.63, 3.8) is 0 Å². The first-order chi connectivity index (χ1) is 7.67. The average molecular weight is 221 g/mol. The third-order valence-corrected chi connectivity index (χ3v) is 2.83. The van der Waals surface area contributed by atoms with Crippen LogP contribution in [0.3, 0.4) is 0 Å². The molecule has 90 valence electrons. The number of nitrogens with zero attached hydrogens (tertiary/aromatic N) is 1. The van der Waals surface area contributed by atoms with Crippen LogP contribution in [-0.4, -0.2) is 22.6 Å². The van der Waals surface area contributed by atoms with Crippen LogP contribution in [0.4, 0.5) is 0 Å². The second kappa shape index (κ2) is 6.66. The Labute approximate surface area is 98.9 Å². The van der Waals surface area contributed by atoms with E-state index in [0.717, 1.165) is 18.7 Å². The monoisotopic (exact) mass is 221 g/mol. The van der Waals surface area contributed by atoms with E-state index in [2.05, 4.69) is 37.8 Å². The third kappa shape index (κ3) is 3.95. The van der Waals surface area contributed by atoms with Crippen molar-refractivity contribution in [3.05, 3.63) is 35.4 Å². The molecule has 0 bridgehead atoms. The lowest BCUT2D eigenvalue weighted by molar-refractivity contribution is 0.213. The molecule has 0 saturated carbocycles. The van der Waals surface area contributed by atoms with Crippen molar-refractivity contribution in [1.82, 2.24) is 4.90 Å². The Bertz CT molecular complexity index is 292. The van der Waals surface area contributed by atoms with Gasteiger partial charge in [0.15, 0.2) is 0 Å². The van der Waals surface area contributed by atoms with Gasteiger partial charge >= 0.3 is 0 Å². The molecule has 0 aliphatic heterocycles. The average Bonchev–Trinajstić information content (AvgIpc) is 2.29. The quantitative estimate of drug-likeness (QED) is 0.798. The molecule has 0 fully saturated rings. The first kappa shape index (κ1) is 13.2. The molecule has 2 nitrogen and oxygen atoms in total. The second-order valence-corrected chi connectivity index (χ2v) is 4.54. The Hall–Kier alpha value is -0.860. The van der Waals surface area contributed by atoms with Crippen molar-refractivity contribution >= 4 is 0 Å². The van der Waals surface area contributed by atoms with Gasteiger partial charge in [-0.05, 0) is 37.9 Å². The highest BCUT2D eigenvalue weighted by Gasteiger charge is 2.08. The minimum atomic E-state index is 0.128. The van der Waals surface area contributed by atoms with E-state index in [1.54, 1.807) is 0 Å². The maximum atomic E-state index is 8.97. The van der Waals surface area contributed by atoms with Crippen molar-refractivity contribution in [3.8, 4) is 0 Å². The highest BCUT2D eigenvalue weighted by Crippen LogP contribution is 2.10. The van der Waals surface area contributed by atoms with E-state index in [-0.39, 0.29) is 6.61 Å². The van der Waals surface area contributed by atoms with E-state index in [0.29, 0.717) is 6.04 Å². The molecule has 0 unspecified atom stereocenters. The summed E-state index contributed by atoms with van der Waals surface area (Å²) in [4.78, 5) is 2.47. The molecule has 1 rings (SSSR count). The van der Waals surface area contributed by atoms with Gasteiger partial charge in [-0.15, -0.1) is 0 Å². The van der Waals surface area contributed by atoms with Crippen LogP contribution in [0.2, 0.25) is 0 Å². The zero-order valence-corrected chi connectivity index (χ0v) is 10.6. The Morgan fingerprint density at radius 3 is 2.12 bits per heavy atom. The molecular formula is C14H23NO. The van der Waals surface area contributed by atoms with E-state index >= 15 is 0 Å². The lowest BCUT2D eigenvalue weighted by atomic mass is 10.1. The van der Waals surface area contributed by atoms with Gasteiger partial charge in [0.25, 0.3) is 0 Å². The first-order valence-corrected chi connectivity index (χ1v) is 6.10. The van der Waals surface area contributed by atoms with Gasteiger partial charge in [0, 0.05) is 12.6 Å². The van der Waals surface area contributed by atoms with Crippen LogP contribution < -0.4 is 0 Å². The largest absolute Gasteiger partial charge is 0.392 e. The van der Waals surface area contributed by atoms with Crippen LogP contribution in [0.1, 0.15) is 38.3 Å². The SMILES string of the molecule is CCCN(Cc1ccc(CO)cc1)C(C)C. The Morgan fingerprint density at radius 2 is 1.69 bits per heavy atom. The van der Waals surface area contributed by atoms with E-state index in [1.165, 1.54) is 12.0 Å². The molecule has 1 aromatic rings. The van der Waals surface area contributed by atoms with Crippen LogP contribution in [0, 0.1) is 0 Å². The predicted octanol–water partition coefficient (Wildman–Crippen LogP) is 2.80.